The number of benzene rings is 1. The second-order valence-electron chi connectivity index (χ2n) is 3.62. The predicted octanol–water partition coefficient (Wildman–Crippen LogP) is 3.23. The number of rotatable bonds is 2. The first-order chi connectivity index (χ1) is 7.68. The van der Waals surface area contributed by atoms with Gasteiger partial charge in [0.15, 0.2) is 0 Å². The first-order valence-electron chi connectivity index (χ1n) is 5.04. The molecule has 16 heavy (non-hydrogen) atoms. The molecule has 1 N–H and O–H groups in total. The van der Waals surface area contributed by atoms with E-state index in [-0.39, 0.29) is 0 Å². The predicted molar refractivity (Wildman–Crippen MR) is 67.2 cm³/mol. The molecule has 0 aliphatic rings. The van der Waals surface area contributed by atoms with Gasteiger partial charge in [0.1, 0.15) is 10.7 Å². The van der Waals surface area contributed by atoms with E-state index in [1.54, 1.807) is 0 Å². The zero-order chi connectivity index (χ0) is 11.5. The van der Waals surface area contributed by atoms with Crippen molar-refractivity contribution in [1.82, 2.24) is 4.98 Å². The molecular weight excluding hydrogens is 266 g/mol. The van der Waals surface area contributed by atoms with Gasteiger partial charge < -0.3 is 5.11 Å². The van der Waals surface area contributed by atoms with Crippen molar-refractivity contribution in [3.05, 3.63) is 63.9 Å². The van der Waals surface area contributed by atoms with Crippen molar-refractivity contribution in [3.63, 3.8) is 0 Å². The molecule has 82 valence electrons. The van der Waals surface area contributed by atoms with Crippen molar-refractivity contribution >= 4 is 15.9 Å². The van der Waals surface area contributed by atoms with Crippen LogP contribution >= 0.6 is 15.9 Å². The largest absolute Gasteiger partial charge is 0.384 e. The van der Waals surface area contributed by atoms with Gasteiger partial charge in [-0.15, -0.1) is 0 Å². The lowest BCUT2D eigenvalue weighted by molar-refractivity contribution is 0.219. The van der Waals surface area contributed by atoms with Crippen molar-refractivity contribution in [1.29, 1.82) is 0 Å². The Morgan fingerprint density at radius 3 is 2.44 bits per heavy atom. The van der Waals surface area contributed by atoms with Gasteiger partial charge in [0.2, 0.25) is 0 Å². The van der Waals surface area contributed by atoms with Crippen LogP contribution < -0.4 is 0 Å². The van der Waals surface area contributed by atoms with E-state index >= 15 is 0 Å². The third kappa shape index (κ3) is 2.31. The van der Waals surface area contributed by atoms with E-state index in [1.807, 2.05) is 49.4 Å². The first-order valence-corrected chi connectivity index (χ1v) is 5.84. The maximum atomic E-state index is 10.2. The average molecular weight is 278 g/mol. The van der Waals surface area contributed by atoms with Crippen LogP contribution in [0.1, 0.15) is 22.9 Å². The number of aromatic nitrogens is 1. The van der Waals surface area contributed by atoms with Gasteiger partial charge in [-0.05, 0) is 34.5 Å². The normalized spacial score (nSPS) is 12.4. The van der Waals surface area contributed by atoms with E-state index in [1.165, 1.54) is 0 Å². The highest BCUT2D eigenvalue weighted by atomic mass is 79.9. The van der Waals surface area contributed by atoms with Gasteiger partial charge in [-0.25, -0.2) is 4.98 Å². The number of aliphatic hydroxyl groups excluding tert-OH is 1. The Kier molecular flexibility index (Phi) is 3.36. The van der Waals surface area contributed by atoms with E-state index < -0.39 is 6.10 Å². The van der Waals surface area contributed by atoms with Crippen molar-refractivity contribution in [2.24, 2.45) is 0 Å². The minimum atomic E-state index is -0.609. The fourth-order valence-corrected chi connectivity index (χ4v) is 2.04. The second kappa shape index (κ2) is 4.76. The molecule has 0 saturated heterocycles. The Bertz CT molecular complexity index is 485. The number of aliphatic hydroxyl groups is 1. The van der Waals surface area contributed by atoms with E-state index in [4.69, 9.17) is 0 Å². The monoisotopic (exact) mass is 277 g/mol. The maximum absolute atomic E-state index is 10.2. The van der Waals surface area contributed by atoms with Gasteiger partial charge in [-0.2, -0.15) is 0 Å². The molecule has 0 bridgehead atoms. The minimum Gasteiger partial charge on any atom is -0.384 e. The highest BCUT2D eigenvalue weighted by molar-refractivity contribution is 9.10. The van der Waals surface area contributed by atoms with Crippen LogP contribution in [0.5, 0.6) is 0 Å². The Balaban J connectivity index is 2.38. The zero-order valence-electron chi connectivity index (χ0n) is 8.89. The minimum absolute atomic E-state index is 0.609. The molecule has 1 heterocycles. The Morgan fingerprint density at radius 2 is 1.81 bits per heavy atom. The topological polar surface area (TPSA) is 33.1 Å². The molecule has 3 heteroatoms. The molecule has 0 fully saturated rings. The van der Waals surface area contributed by atoms with Crippen LogP contribution in [0.3, 0.4) is 0 Å². The van der Waals surface area contributed by atoms with Crippen molar-refractivity contribution in [3.8, 4) is 0 Å². The molecule has 1 atom stereocenters. The van der Waals surface area contributed by atoms with Crippen molar-refractivity contribution < 1.29 is 5.11 Å². The van der Waals surface area contributed by atoms with E-state index in [0.717, 1.165) is 21.4 Å². The lowest BCUT2D eigenvalue weighted by Crippen LogP contribution is -2.03. The third-order valence-corrected chi connectivity index (χ3v) is 2.94. The zero-order valence-corrected chi connectivity index (χ0v) is 10.5. The number of halogens is 1. The highest BCUT2D eigenvalue weighted by Gasteiger charge is 2.13. The molecule has 0 radical (unpaired) electrons. The van der Waals surface area contributed by atoms with Crippen LogP contribution in [0.25, 0.3) is 0 Å². The van der Waals surface area contributed by atoms with Gasteiger partial charge in [-0.1, -0.05) is 36.4 Å². The summed E-state index contributed by atoms with van der Waals surface area (Å²) in [4.78, 5) is 4.28. The van der Waals surface area contributed by atoms with Crippen LogP contribution in [0.15, 0.2) is 47.1 Å². The van der Waals surface area contributed by atoms with Crippen LogP contribution in [0.2, 0.25) is 0 Å². The number of hydrogen-bond donors (Lipinski definition) is 1. The molecule has 2 nitrogen and oxygen atoms in total. The van der Waals surface area contributed by atoms with Crippen LogP contribution in [0, 0.1) is 6.92 Å². The van der Waals surface area contributed by atoms with Gasteiger partial charge >= 0.3 is 0 Å². The lowest BCUT2D eigenvalue weighted by atomic mass is 10.0. The summed E-state index contributed by atoms with van der Waals surface area (Å²) in [5, 5.41) is 10.2. The third-order valence-electron chi connectivity index (χ3n) is 2.50. The highest BCUT2D eigenvalue weighted by Crippen LogP contribution is 2.24. The summed E-state index contributed by atoms with van der Waals surface area (Å²) in [6.07, 6.45) is -0.609. The number of pyridine rings is 1. The molecule has 1 unspecified atom stereocenters. The van der Waals surface area contributed by atoms with Crippen LogP contribution in [0.4, 0.5) is 0 Å². The number of aryl methyl sites for hydroxylation is 1. The Labute approximate surface area is 103 Å². The van der Waals surface area contributed by atoms with E-state index in [2.05, 4.69) is 20.9 Å². The summed E-state index contributed by atoms with van der Waals surface area (Å²) in [6.45, 7) is 1.90. The van der Waals surface area contributed by atoms with Gasteiger partial charge in [-0.3, -0.25) is 0 Å². The molecule has 0 spiro atoms. The molecule has 0 amide bonds. The first kappa shape index (κ1) is 11.3. The van der Waals surface area contributed by atoms with Crippen LogP contribution in [-0.4, -0.2) is 10.1 Å². The van der Waals surface area contributed by atoms with Crippen molar-refractivity contribution in [2.45, 2.75) is 13.0 Å². The number of nitrogens with zero attached hydrogens (tertiary/aromatic N) is 1. The fourth-order valence-electron chi connectivity index (χ4n) is 1.65. The van der Waals surface area contributed by atoms with Gasteiger partial charge in [0, 0.05) is 11.3 Å². The molecule has 1 aromatic heterocycles. The van der Waals surface area contributed by atoms with Crippen LogP contribution in [-0.2, 0) is 0 Å². The fraction of sp³-hybridized carbons (Fsp3) is 0.154. The summed E-state index contributed by atoms with van der Waals surface area (Å²) in [5.41, 5.74) is 2.56. The average Bonchev–Trinajstić information content (AvgIpc) is 2.29. The molecule has 0 saturated carbocycles. The quantitative estimate of drug-likeness (QED) is 0.855. The second-order valence-corrected chi connectivity index (χ2v) is 4.43. The summed E-state index contributed by atoms with van der Waals surface area (Å²) in [5.74, 6) is 0. The maximum Gasteiger partial charge on any atom is 0.106 e. The number of hydrogen-bond acceptors (Lipinski definition) is 2. The van der Waals surface area contributed by atoms with E-state index in [9.17, 15) is 5.11 Å². The standard InChI is InChI=1S/C13H12BrNO/c1-9-11(7-8-12(14)15-9)13(16)10-5-3-2-4-6-10/h2-8,13,16H,1H3. The Hall–Kier alpha value is -1.19. The summed E-state index contributed by atoms with van der Waals surface area (Å²) >= 11 is 3.31. The van der Waals surface area contributed by atoms with E-state index in [0.29, 0.717) is 0 Å². The molecule has 0 aliphatic carbocycles. The summed E-state index contributed by atoms with van der Waals surface area (Å²) in [7, 11) is 0. The van der Waals surface area contributed by atoms with Gasteiger partial charge in [0.05, 0.1) is 0 Å². The van der Waals surface area contributed by atoms with Crippen molar-refractivity contribution in [2.75, 3.05) is 0 Å². The summed E-state index contributed by atoms with van der Waals surface area (Å²) in [6, 6.07) is 13.3. The molecule has 2 aromatic rings. The SMILES string of the molecule is Cc1nc(Br)ccc1C(O)c1ccccc1. The van der Waals surface area contributed by atoms with Gasteiger partial charge in [0.25, 0.3) is 0 Å². The molecular formula is C13H12BrNO. The molecule has 0 aliphatic heterocycles. The lowest BCUT2D eigenvalue weighted by Gasteiger charge is -2.13. The summed E-state index contributed by atoms with van der Waals surface area (Å²) < 4.78 is 0.786. The smallest absolute Gasteiger partial charge is 0.106 e. The Morgan fingerprint density at radius 1 is 1.12 bits per heavy atom. The molecule has 1 aromatic carbocycles. The molecule has 2 rings (SSSR count).